The van der Waals surface area contributed by atoms with Gasteiger partial charge in [0.2, 0.25) is 15.7 Å². The minimum atomic E-state index is -5.17. The molecule has 1 aliphatic heterocycles. The number of carbonyl (C=O) groups excluding carboxylic acids is 1. The Hall–Kier alpha value is -3.45. The number of benzene rings is 2. The Morgan fingerprint density at radius 1 is 0.946 bits per heavy atom. The van der Waals surface area contributed by atoms with Crippen LogP contribution in [0.1, 0.15) is 24.0 Å². The lowest BCUT2D eigenvalue weighted by Crippen LogP contribution is -2.53. The van der Waals surface area contributed by atoms with Crippen molar-refractivity contribution in [2.75, 3.05) is 6.54 Å². The van der Waals surface area contributed by atoms with Crippen molar-refractivity contribution in [2.45, 2.75) is 35.1 Å². The predicted octanol–water partition coefficient (Wildman–Crippen LogP) is 4.47. The second-order valence-electron chi connectivity index (χ2n) is 8.35. The minimum Gasteiger partial charge on any atom is -0.306 e. The number of pyridine rings is 1. The Balaban J connectivity index is 1.84. The van der Waals surface area contributed by atoms with Gasteiger partial charge in [-0.15, -0.1) is 0 Å². The number of amides is 1. The molecule has 2 heterocycles. The van der Waals surface area contributed by atoms with Crippen LogP contribution in [0.15, 0.2) is 65.7 Å². The molecule has 2 unspecified atom stereocenters. The number of rotatable bonds is 6. The number of carbonyl (C=O) groups is 1. The Labute approximate surface area is 207 Å². The van der Waals surface area contributed by atoms with E-state index in [-0.39, 0.29) is 11.3 Å². The number of sulfone groups is 1. The quantitative estimate of drug-likeness (QED) is 0.272. The van der Waals surface area contributed by atoms with Gasteiger partial charge in [0.25, 0.3) is 0 Å². The third-order valence-corrected chi connectivity index (χ3v) is 7.78. The van der Waals surface area contributed by atoms with Crippen molar-refractivity contribution >= 4 is 15.7 Å². The minimum absolute atomic E-state index is 0.209. The molecule has 0 aliphatic carbocycles. The van der Waals surface area contributed by atoms with Crippen molar-refractivity contribution in [1.29, 1.82) is 0 Å². The standard InChI is InChI=1S/C24H19F6N3O3S/c25-17-4-6-19(7-5-17)37(35,36)24(30,33-22(34)21-2-1-9-31-21)16-10-14(11-18(26)12-16)20-8-3-15(13-32-20)23(27,28)29/h3-8,10-13,21,31H,1-2,9H2,(H,33,34). The molecule has 1 amide bonds. The molecule has 4 rings (SSSR count). The number of hydrogen-bond donors (Lipinski definition) is 2. The first-order valence-corrected chi connectivity index (χ1v) is 12.4. The Kier molecular flexibility index (Phi) is 7.04. The molecule has 2 aromatic carbocycles. The van der Waals surface area contributed by atoms with Crippen LogP contribution in [0.25, 0.3) is 11.3 Å². The van der Waals surface area contributed by atoms with Gasteiger partial charge < -0.3 is 10.6 Å². The summed E-state index contributed by atoms with van der Waals surface area (Å²) < 4.78 is 110. The molecular weight excluding hydrogens is 524 g/mol. The fourth-order valence-corrected chi connectivity index (χ4v) is 5.36. The van der Waals surface area contributed by atoms with Crippen LogP contribution in [0.5, 0.6) is 0 Å². The summed E-state index contributed by atoms with van der Waals surface area (Å²) in [6, 6.07) is 6.03. The highest BCUT2D eigenvalue weighted by atomic mass is 32.2. The van der Waals surface area contributed by atoms with Gasteiger partial charge in [-0.25, -0.2) is 17.2 Å². The van der Waals surface area contributed by atoms with Crippen molar-refractivity contribution in [2.24, 2.45) is 0 Å². The van der Waals surface area contributed by atoms with E-state index in [9.17, 15) is 35.2 Å². The molecule has 1 fully saturated rings. The van der Waals surface area contributed by atoms with E-state index in [1.54, 1.807) is 0 Å². The van der Waals surface area contributed by atoms with Crippen LogP contribution in [-0.4, -0.2) is 31.9 Å². The van der Waals surface area contributed by atoms with Gasteiger partial charge in [0.05, 0.1) is 22.2 Å². The molecule has 0 bridgehead atoms. The zero-order valence-corrected chi connectivity index (χ0v) is 19.6. The summed E-state index contributed by atoms with van der Waals surface area (Å²) in [5.74, 6) is -2.95. The molecule has 3 aromatic rings. The van der Waals surface area contributed by atoms with E-state index in [0.29, 0.717) is 37.7 Å². The number of halogens is 6. The topological polar surface area (TPSA) is 88.2 Å². The van der Waals surface area contributed by atoms with E-state index in [2.05, 4.69) is 10.3 Å². The summed E-state index contributed by atoms with van der Waals surface area (Å²) in [5.41, 5.74) is -2.39. The van der Waals surface area contributed by atoms with E-state index in [1.165, 1.54) is 0 Å². The fourth-order valence-electron chi connectivity index (χ4n) is 3.88. The maximum atomic E-state index is 16.7. The molecule has 2 atom stereocenters. The van der Waals surface area contributed by atoms with Crippen molar-refractivity contribution in [3.63, 3.8) is 0 Å². The highest BCUT2D eigenvalue weighted by Gasteiger charge is 2.50. The number of nitrogens with one attached hydrogen (secondary N) is 2. The van der Waals surface area contributed by atoms with Crippen LogP contribution in [0.4, 0.5) is 26.3 Å². The third-order valence-electron chi connectivity index (χ3n) is 5.81. The van der Waals surface area contributed by atoms with E-state index in [1.807, 2.05) is 5.32 Å². The molecule has 13 heteroatoms. The molecule has 1 aliphatic rings. The molecule has 0 spiro atoms. The number of nitrogens with zero attached hydrogens (tertiary/aromatic N) is 1. The van der Waals surface area contributed by atoms with Gasteiger partial charge in [-0.3, -0.25) is 9.78 Å². The summed E-state index contributed by atoms with van der Waals surface area (Å²) >= 11 is 0. The van der Waals surface area contributed by atoms with Gasteiger partial charge in [-0.05, 0) is 74.0 Å². The lowest BCUT2D eigenvalue weighted by Gasteiger charge is -2.28. The summed E-state index contributed by atoms with van der Waals surface area (Å²) in [6.07, 6.45) is -3.33. The van der Waals surface area contributed by atoms with Crippen LogP contribution in [0, 0.1) is 11.6 Å². The number of alkyl halides is 4. The van der Waals surface area contributed by atoms with E-state index < -0.39 is 60.7 Å². The number of aromatic nitrogens is 1. The zero-order valence-electron chi connectivity index (χ0n) is 18.8. The SMILES string of the molecule is O=C(NC(F)(c1cc(F)cc(-c2ccc(C(F)(F)F)cn2)c1)S(=O)(=O)c1ccc(F)cc1)C1CCCN1. The first-order chi connectivity index (χ1) is 17.3. The molecule has 1 saturated heterocycles. The second kappa shape index (κ2) is 9.78. The lowest BCUT2D eigenvalue weighted by atomic mass is 10.1. The van der Waals surface area contributed by atoms with Gasteiger partial charge in [0.1, 0.15) is 11.6 Å². The van der Waals surface area contributed by atoms with Gasteiger partial charge in [-0.1, -0.05) is 0 Å². The summed E-state index contributed by atoms with van der Waals surface area (Å²) in [6.45, 7) is 0.436. The molecule has 6 nitrogen and oxygen atoms in total. The molecule has 1 aromatic heterocycles. The first kappa shape index (κ1) is 26.6. The normalized spacial score (nSPS) is 17.8. The van der Waals surface area contributed by atoms with Crippen molar-refractivity contribution in [3.8, 4) is 11.3 Å². The summed E-state index contributed by atoms with van der Waals surface area (Å²) in [5, 5.41) is 0.923. The first-order valence-electron chi connectivity index (χ1n) is 10.9. The van der Waals surface area contributed by atoms with Gasteiger partial charge in [0, 0.05) is 17.3 Å². The van der Waals surface area contributed by atoms with E-state index in [0.717, 1.165) is 42.5 Å². The van der Waals surface area contributed by atoms with Crippen LogP contribution in [0.2, 0.25) is 0 Å². The Bertz CT molecular complexity index is 1410. The van der Waals surface area contributed by atoms with E-state index in [4.69, 9.17) is 0 Å². The lowest BCUT2D eigenvalue weighted by molar-refractivity contribution is -0.137. The van der Waals surface area contributed by atoms with Crippen molar-refractivity contribution in [3.05, 3.63) is 83.6 Å². The smallest absolute Gasteiger partial charge is 0.306 e. The van der Waals surface area contributed by atoms with Gasteiger partial charge in [0.15, 0.2) is 0 Å². The van der Waals surface area contributed by atoms with Gasteiger partial charge >= 0.3 is 11.3 Å². The van der Waals surface area contributed by atoms with Crippen molar-refractivity contribution in [1.82, 2.24) is 15.6 Å². The average molecular weight is 543 g/mol. The Morgan fingerprint density at radius 2 is 1.65 bits per heavy atom. The van der Waals surface area contributed by atoms with Crippen LogP contribution < -0.4 is 10.6 Å². The highest BCUT2D eigenvalue weighted by Crippen LogP contribution is 2.38. The fraction of sp³-hybridized carbons (Fsp3) is 0.250. The molecular formula is C24H19F6N3O3S. The molecule has 196 valence electrons. The van der Waals surface area contributed by atoms with Gasteiger partial charge in [-0.2, -0.15) is 17.6 Å². The predicted molar refractivity (Wildman–Crippen MR) is 120 cm³/mol. The van der Waals surface area contributed by atoms with Crippen LogP contribution in [-0.2, 0) is 25.9 Å². The molecule has 37 heavy (non-hydrogen) atoms. The zero-order chi connectivity index (χ0) is 27.0. The van der Waals surface area contributed by atoms with E-state index >= 15 is 4.39 Å². The molecule has 0 radical (unpaired) electrons. The largest absolute Gasteiger partial charge is 0.417 e. The molecule has 2 N–H and O–H groups in total. The average Bonchev–Trinajstić information content (AvgIpc) is 3.39. The molecule has 0 saturated carbocycles. The monoisotopic (exact) mass is 543 g/mol. The second-order valence-corrected chi connectivity index (χ2v) is 10.4. The number of hydrogen-bond acceptors (Lipinski definition) is 5. The highest BCUT2D eigenvalue weighted by molar-refractivity contribution is 7.92. The van der Waals surface area contributed by atoms with Crippen LogP contribution in [0.3, 0.4) is 0 Å². The maximum absolute atomic E-state index is 16.7. The van der Waals surface area contributed by atoms with Crippen LogP contribution >= 0.6 is 0 Å². The third kappa shape index (κ3) is 5.32. The summed E-state index contributed by atoms with van der Waals surface area (Å²) in [4.78, 5) is 15.7. The summed E-state index contributed by atoms with van der Waals surface area (Å²) in [7, 11) is -5.17. The Morgan fingerprint density at radius 3 is 2.22 bits per heavy atom. The van der Waals surface area contributed by atoms with Crippen molar-refractivity contribution < 1.29 is 39.6 Å². The maximum Gasteiger partial charge on any atom is 0.417 e.